The number of piperazine rings is 1. The maximum Gasteiger partial charge on any atom is 0.277 e. The molecular weight excluding hydrogens is 344 g/mol. The number of nitrogens with one attached hydrogen (secondary N) is 1. The Morgan fingerprint density at radius 1 is 1.22 bits per heavy atom. The number of aryl methyl sites for hydroxylation is 1. The molecule has 27 heavy (non-hydrogen) atoms. The van der Waals surface area contributed by atoms with E-state index in [1.807, 2.05) is 16.7 Å². The minimum atomic E-state index is -0.126. The molecule has 0 aliphatic carbocycles. The number of anilines is 1. The number of imidazole rings is 1. The monoisotopic (exact) mass is 368 g/mol. The van der Waals surface area contributed by atoms with Gasteiger partial charge in [-0.1, -0.05) is 13.0 Å². The molecule has 0 saturated carbocycles. The molecular formula is C19H24N6O2. The third kappa shape index (κ3) is 3.66. The summed E-state index contributed by atoms with van der Waals surface area (Å²) in [6.45, 7) is 6.88. The van der Waals surface area contributed by atoms with Crippen LogP contribution in [0.3, 0.4) is 0 Å². The van der Waals surface area contributed by atoms with Crippen LogP contribution < -0.4 is 10.5 Å². The highest BCUT2D eigenvalue weighted by Crippen LogP contribution is 2.21. The molecule has 1 fully saturated rings. The van der Waals surface area contributed by atoms with Crippen LogP contribution in [0.15, 0.2) is 35.4 Å². The summed E-state index contributed by atoms with van der Waals surface area (Å²) >= 11 is 0. The standard InChI is InChI=1S/C19H24N6O2/c1-2-6-25-13-20-18-17(25)19(27)22-16(21-18)12-23-7-9-24(10-8-23)14-4-3-5-15(26)11-14/h3-5,11,13,26H,2,6-10,12H2,1H3,(H,21,22,27). The number of nitrogens with zero attached hydrogens (tertiary/aromatic N) is 5. The zero-order chi connectivity index (χ0) is 18.8. The molecule has 2 N–H and O–H groups in total. The lowest BCUT2D eigenvalue weighted by Gasteiger charge is -2.35. The zero-order valence-electron chi connectivity index (χ0n) is 15.4. The summed E-state index contributed by atoms with van der Waals surface area (Å²) in [5.41, 5.74) is 1.97. The van der Waals surface area contributed by atoms with E-state index >= 15 is 0 Å². The van der Waals surface area contributed by atoms with Crippen molar-refractivity contribution in [2.45, 2.75) is 26.4 Å². The van der Waals surface area contributed by atoms with Crippen molar-refractivity contribution in [3.05, 3.63) is 46.8 Å². The maximum absolute atomic E-state index is 12.5. The molecule has 8 nitrogen and oxygen atoms in total. The Balaban J connectivity index is 1.44. The van der Waals surface area contributed by atoms with Crippen LogP contribution in [-0.2, 0) is 13.1 Å². The van der Waals surface area contributed by atoms with Gasteiger partial charge in [-0.3, -0.25) is 9.69 Å². The first-order valence-corrected chi connectivity index (χ1v) is 9.34. The van der Waals surface area contributed by atoms with Crippen molar-refractivity contribution in [3.8, 4) is 5.75 Å². The molecule has 2 aromatic heterocycles. The van der Waals surface area contributed by atoms with Gasteiger partial charge in [0.15, 0.2) is 11.2 Å². The summed E-state index contributed by atoms with van der Waals surface area (Å²) in [5, 5.41) is 9.65. The van der Waals surface area contributed by atoms with E-state index in [-0.39, 0.29) is 11.3 Å². The Labute approximate surface area is 157 Å². The Kier molecular flexibility index (Phi) is 4.81. The summed E-state index contributed by atoms with van der Waals surface area (Å²) in [4.78, 5) is 28.7. The number of fused-ring (bicyclic) bond motifs is 1. The van der Waals surface area contributed by atoms with Gasteiger partial charge in [0, 0.05) is 44.5 Å². The molecule has 0 atom stereocenters. The maximum atomic E-state index is 12.5. The van der Waals surface area contributed by atoms with Gasteiger partial charge in [0.2, 0.25) is 0 Å². The van der Waals surface area contributed by atoms with Gasteiger partial charge in [-0.15, -0.1) is 0 Å². The molecule has 0 radical (unpaired) electrons. The second kappa shape index (κ2) is 7.40. The molecule has 0 amide bonds. The van der Waals surface area contributed by atoms with E-state index in [1.165, 1.54) is 0 Å². The van der Waals surface area contributed by atoms with E-state index in [2.05, 4.69) is 31.7 Å². The fourth-order valence-corrected chi connectivity index (χ4v) is 3.58. The predicted molar refractivity (Wildman–Crippen MR) is 104 cm³/mol. The van der Waals surface area contributed by atoms with E-state index < -0.39 is 0 Å². The highest BCUT2D eigenvalue weighted by Gasteiger charge is 2.19. The molecule has 1 aliphatic rings. The molecule has 0 bridgehead atoms. The average Bonchev–Trinajstić information content (AvgIpc) is 3.06. The topological polar surface area (TPSA) is 90.3 Å². The van der Waals surface area contributed by atoms with Gasteiger partial charge in [0.1, 0.15) is 11.6 Å². The van der Waals surface area contributed by atoms with E-state index in [0.717, 1.165) is 44.8 Å². The lowest BCUT2D eigenvalue weighted by Crippen LogP contribution is -2.46. The summed E-state index contributed by atoms with van der Waals surface area (Å²) < 4.78 is 1.86. The van der Waals surface area contributed by atoms with E-state index in [9.17, 15) is 9.90 Å². The number of aromatic nitrogens is 4. The van der Waals surface area contributed by atoms with Crippen LogP contribution in [0.25, 0.3) is 11.2 Å². The van der Waals surface area contributed by atoms with Crippen LogP contribution in [-0.4, -0.2) is 55.7 Å². The molecule has 1 saturated heterocycles. The van der Waals surface area contributed by atoms with E-state index in [4.69, 9.17) is 0 Å². The Morgan fingerprint density at radius 3 is 2.78 bits per heavy atom. The van der Waals surface area contributed by atoms with Gasteiger partial charge >= 0.3 is 0 Å². The number of benzene rings is 1. The predicted octanol–water partition coefficient (Wildman–Crippen LogP) is 1.56. The molecule has 3 heterocycles. The summed E-state index contributed by atoms with van der Waals surface area (Å²) in [6, 6.07) is 7.34. The highest BCUT2D eigenvalue weighted by atomic mass is 16.3. The molecule has 142 valence electrons. The molecule has 4 rings (SSSR count). The number of aromatic amines is 1. The number of H-pyrrole nitrogens is 1. The van der Waals surface area contributed by atoms with Crippen molar-refractivity contribution >= 4 is 16.9 Å². The SMILES string of the molecule is CCCn1cnc2nc(CN3CCN(c4cccc(O)c4)CC3)[nH]c(=O)c21. The minimum Gasteiger partial charge on any atom is -0.508 e. The van der Waals surface area contributed by atoms with Crippen molar-refractivity contribution in [3.63, 3.8) is 0 Å². The minimum absolute atomic E-state index is 0.126. The van der Waals surface area contributed by atoms with Crippen LogP contribution in [0, 0.1) is 0 Å². The van der Waals surface area contributed by atoms with E-state index in [1.54, 1.807) is 18.5 Å². The molecule has 1 aromatic carbocycles. The first-order valence-electron chi connectivity index (χ1n) is 9.34. The van der Waals surface area contributed by atoms with Crippen LogP contribution >= 0.6 is 0 Å². The number of aromatic hydroxyl groups is 1. The zero-order valence-corrected chi connectivity index (χ0v) is 15.4. The Hall–Kier alpha value is -2.87. The second-order valence-electron chi connectivity index (χ2n) is 6.91. The number of phenols is 1. The van der Waals surface area contributed by atoms with Gasteiger partial charge in [-0.2, -0.15) is 0 Å². The van der Waals surface area contributed by atoms with Crippen molar-refractivity contribution in [2.75, 3.05) is 31.1 Å². The third-order valence-electron chi connectivity index (χ3n) is 4.94. The third-order valence-corrected chi connectivity index (χ3v) is 4.94. The van der Waals surface area contributed by atoms with Crippen LogP contribution in [0.5, 0.6) is 5.75 Å². The Morgan fingerprint density at radius 2 is 2.04 bits per heavy atom. The molecule has 1 aliphatic heterocycles. The van der Waals surface area contributed by atoms with Gasteiger partial charge < -0.3 is 19.6 Å². The van der Waals surface area contributed by atoms with Crippen molar-refractivity contribution in [1.82, 2.24) is 24.4 Å². The molecule has 0 spiro atoms. The lowest BCUT2D eigenvalue weighted by atomic mass is 10.2. The van der Waals surface area contributed by atoms with Crippen molar-refractivity contribution < 1.29 is 5.11 Å². The first kappa shape index (κ1) is 17.5. The van der Waals surface area contributed by atoms with Crippen LogP contribution in [0.1, 0.15) is 19.2 Å². The van der Waals surface area contributed by atoms with Gasteiger partial charge in [-0.25, -0.2) is 9.97 Å². The van der Waals surface area contributed by atoms with Crippen molar-refractivity contribution in [2.24, 2.45) is 0 Å². The van der Waals surface area contributed by atoms with Gasteiger partial charge in [0.05, 0.1) is 12.9 Å². The number of hydrogen-bond donors (Lipinski definition) is 2. The Bertz CT molecular complexity index is 987. The van der Waals surface area contributed by atoms with Crippen LogP contribution in [0.2, 0.25) is 0 Å². The van der Waals surface area contributed by atoms with Gasteiger partial charge in [0.25, 0.3) is 5.56 Å². The molecule has 8 heteroatoms. The lowest BCUT2D eigenvalue weighted by molar-refractivity contribution is 0.244. The number of hydrogen-bond acceptors (Lipinski definition) is 6. The largest absolute Gasteiger partial charge is 0.508 e. The first-order chi connectivity index (χ1) is 13.1. The second-order valence-corrected chi connectivity index (χ2v) is 6.91. The molecule has 3 aromatic rings. The highest BCUT2D eigenvalue weighted by molar-refractivity contribution is 5.69. The smallest absolute Gasteiger partial charge is 0.277 e. The summed E-state index contributed by atoms with van der Waals surface area (Å²) in [5.74, 6) is 0.938. The number of rotatable bonds is 5. The average molecular weight is 368 g/mol. The summed E-state index contributed by atoms with van der Waals surface area (Å²) in [6.07, 6.45) is 2.63. The molecule has 0 unspecified atom stereocenters. The van der Waals surface area contributed by atoms with Crippen LogP contribution in [0.4, 0.5) is 5.69 Å². The summed E-state index contributed by atoms with van der Waals surface area (Å²) in [7, 11) is 0. The fraction of sp³-hybridized carbons (Fsp3) is 0.421. The quantitative estimate of drug-likeness (QED) is 0.710. The number of phenolic OH excluding ortho intramolecular Hbond substituents is 1. The fourth-order valence-electron chi connectivity index (χ4n) is 3.58. The van der Waals surface area contributed by atoms with E-state index in [0.29, 0.717) is 23.5 Å². The van der Waals surface area contributed by atoms with Crippen molar-refractivity contribution in [1.29, 1.82) is 0 Å². The normalized spacial score (nSPS) is 15.5. The van der Waals surface area contributed by atoms with Gasteiger partial charge in [-0.05, 0) is 18.6 Å².